The molecule has 1 aliphatic rings. The van der Waals surface area contributed by atoms with Crippen molar-refractivity contribution >= 4 is 17.4 Å². The Hall–Kier alpha value is -3.03. The normalized spacial score (nSPS) is 15.3. The average Bonchev–Trinajstić information content (AvgIpc) is 3.18. The predicted octanol–water partition coefficient (Wildman–Crippen LogP) is 2.54. The van der Waals surface area contributed by atoms with Crippen LogP contribution in [0.2, 0.25) is 0 Å². The quantitative estimate of drug-likeness (QED) is 0.766. The zero-order valence-electron chi connectivity index (χ0n) is 14.6. The van der Waals surface area contributed by atoms with Gasteiger partial charge < -0.3 is 10.2 Å². The zero-order valence-corrected chi connectivity index (χ0v) is 14.6. The molecule has 27 heavy (non-hydrogen) atoms. The lowest BCUT2D eigenvalue weighted by molar-refractivity contribution is -0.125. The molecule has 1 fully saturated rings. The molecule has 1 saturated heterocycles. The summed E-state index contributed by atoms with van der Waals surface area (Å²) in [5.74, 6) is -0.984. The van der Waals surface area contributed by atoms with Crippen LogP contribution in [0.25, 0.3) is 5.65 Å². The van der Waals surface area contributed by atoms with E-state index in [9.17, 15) is 13.6 Å². The van der Waals surface area contributed by atoms with Crippen molar-refractivity contribution in [3.8, 4) is 0 Å². The number of hydrogen-bond donors (Lipinski definition) is 1. The van der Waals surface area contributed by atoms with Crippen LogP contribution in [0.1, 0.15) is 18.4 Å². The summed E-state index contributed by atoms with van der Waals surface area (Å²) in [7, 11) is 0. The molecule has 0 unspecified atom stereocenters. The summed E-state index contributed by atoms with van der Waals surface area (Å²) < 4.78 is 28.0. The van der Waals surface area contributed by atoms with Crippen molar-refractivity contribution in [2.45, 2.75) is 19.4 Å². The maximum absolute atomic E-state index is 13.2. The van der Waals surface area contributed by atoms with Crippen LogP contribution >= 0.6 is 0 Å². The SMILES string of the molecule is O=C(NCc1ccc(F)c(F)c1)C1CCN(c2ccnc3ccnn23)CC1. The molecule has 0 atom stereocenters. The lowest BCUT2D eigenvalue weighted by atomic mass is 9.96. The Labute approximate surface area is 154 Å². The fraction of sp³-hybridized carbons (Fsp3) is 0.316. The third-order valence-corrected chi connectivity index (χ3v) is 4.91. The fourth-order valence-electron chi connectivity index (χ4n) is 3.41. The first-order chi connectivity index (χ1) is 13.1. The van der Waals surface area contributed by atoms with E-state index >= 15 is 0 Å². The summed E-state index contributed by atoms with van der Waals surface area (Å²) in [6.07, 6.45) is 4.90. The minimum absolute atomic E-state index is 0.0571. The highest BCUT2D eigenvalue weighted by atomic mass is 19.2. The molecule has 0 radical (unpaired) electrons. The van der Waals surface area contributed by atoms with Crippen molar-refractivity contribution in [2.75, 3.05) is 18.0 Å². The molecule has 1 N–H and O–H groups in total. The Kier molecular flexibility index (Phi) is 4.70. The third kappa shape index (κ3) is 3.60. The van der Waals surface area contributed by atoms with E-state index < -0.39 is 11.6 Å². The molecule has 140 valence electrons. The first-order valence-corrected chi connectivity index (χ1v) is 8.87. The molecule has 0 aliphatic carbocycles. The van der Waals surface area contributed by atoms with Crippen molar-refractivity contribution in [3.63, 3.8) is 0 Å². The standard InChI is InChI=1S/C19H19F2N5O/c20-15-2-1-13(11-16(15)21)12-23-19(27)14-5-9-25(10-6-14)18-4-7-22-17-3-8-24-26(17)18/h1-4,7-8,11,14H,5-6,9-10,12H2,(H,23,27). The van der Waals surface area contributed by atoms with Gasteiger partial charge in [-0.25, -0.2) is 13.8 Å². The molecular formula is C19H19F2N5O. The molecule has 3 heterocycles. The summed E-state index contributed by atoms with van der Waals surface area (Å²) in [5, 5.41) is 7.12. The Morgan fingerprint density at radius 1 is 1.11 bits per heavy atom. The molecule has 2 aromatic heterocycles. The number of carbonyl (C=O) groups is 1. The highest BCUT2D eigenvalue weighted by Gasteiger charge is 2.26. The van der Waals surface area contributed by atoms with E-state index in [-0.39, 0.29) is 18.4 Å². The summed E-state index contributed by atoms with van der Waals surface area (Å²) >= 11 is 0. The van der Waals surface area contributed by atoms with Crippen LogP contribution in [-0.2, 0) is 11.3 Å². The predicted molar refractivity (Wildman–Crippen MR) is 96.1 cm³/mol. The van der Waals surface area contributed by atoms with Crippen LogP contribution in [0, 0.1) is 17.6 Å². The number of anilines is 1. The van der Waals surface area contributed by atoms with Gasteiger partial charge in [-0.15, -0.1) is 0 Å². The minimum Gasteiger partial charge on any atom is -0.356 e. The molecule has 0 saturated carbocycles. The van der Waals surface area contributed by atoms with E-state index in [4.69, 9.17) is 0 Å². The van der Waals surface area contributed by atoms with E-state index in [0.29, 0.717) is 18.4 Å². The second-order valence-corrected chi connectivity index (χ2v) is 6.63. The number of benzene rings is 1. The Morgan fingerprint density at radius 2 is 1.93 bits per heavy atom. The summed E-state index contributed by atoms with van der Waals surface area (Å²) in [4.78, 5) is 18.9. The first-order valence-electron chi connectivity index (χ1n) is 8.87. The number of nitrogens with one attached hydrogen (secondary N) is 1. The van der Waals surface area contributed by atoms with Gasteiger partial charge in [0.2, 0.25) is 5.91 Å². The van der Waals surface area contributed by atoms with E-state index in [0.717, 1.165) is 36.7 Å². The smallest absolute Gasteiger partial charge is 0.223 e. The monoisotopic (exact) mass is 371 g/mol. The fourth-order valence-corrected chi connectivity index (χ4v) is 3.41. The molecule has 0 spiro atoms. The Balaban J connectivity index is 1.34. The van der Waals surface area contributed by atoms with E-state index in [1.165, 1.54) is 6.07 Å². The van der Waals surface area contributed by atoms with Gasteiger partial charge in [0.15, 0.2) is 17.3 Å². The maximum atomic E-state index is 13.2. The molecule has 1 amide bonds. The van der Waals surface area contributed by atoms with Crippen molar-refractivity contribution in [2.24, 2.45) is 5.92 Å². The number of hydrogen-bond acceptors (Lipinski definition) is 4. The van der Waals surface area contributed by atoms with Crippen LogP contribution < -0.4 is 10.2 Å². The van der Waals surface area contributed by atoms with Crippen molar-refractivity contribution in [1.82, 2.24) is 19.9 Å². The number of amides is 1. The van der Waals surface area contributed by atoms with Crippen LogP contribution in [-0.4, -0.2) is 33.6 Å². The number of piperidine rings is 1. The van der Waals surface area contributed by atoms with E-state index in [1.807, 2.05) is 12.1 Å². The zero-order chi connectivity index (χ0) is 18.8. The average molecular weight is 371 g/mol. The number of nitrogens with zero attached hydrogens (tertiary/aromatic N) is 4. The van der Waals surface area contributed by atoms with Gasteiger partial charge in [0, 0.05) is 37.8 Å². The van der Waals surface area contributed by atoms with E-state index in [1.54, 1.807) is 16.9 Å². The van der Waals surface area contributed by atoms with Gasteiger partial charge in [-0.05, 0) is 36.6 Å². The number of aromatic nitrogens is 3. The molecule has 8 heteroatoms. The van der Waals surface area contributed by atoms with Crippen LogP contribution in [0.4, 0.5) is 14.6 Å². The van der Waals surface area contributed by atoms with Crippen molar-refractivity contribution in [1.29, 1.82) is 0 Å². The van der Waals surface area contributed by atoms with Gasteiger partial charge in [0.1, 0.15) is 5.82 Å². The number of halogens is 2. The number of fused-ring (bicyclic) bond motifs is 1. The second-order valence-electron chi connectivity index (χ2n) is 6.63. The second kappa shape index (κ2) is 7.30. The molecule has 4 rings (SSSR count). The highest BCUT2D eigenvalue weighted by Crippen LogP contribution is 2.23. The molecule has 0 bridgehead atoms. The van der Waals surface area contributed by atoms with Gasteiger partial charge >= 0.3 is 0 Å². The molecular weight excluding hydrogens is 352 g/mol. The van der Waals surface area contributed by atoms with Gasteiger partial charge in [0.05, 0.1) is 6.20 Å². The number of rotatable bonds is 4. The molecule has 1 aromatic carbocycles. The summed E-state index contributed by atoms with van der Waals surface area (Å²) in [6.45, 7) is 1.67. The van der Waals surface area contributed by atoms with Crippen LogP contribution in [0.5, 0.6) is 0 Å². The summed E-state index contributed by atoms with van der Waals surface area (Å²) in [5.41, 5.74) is 1.33. The largest absolute Gasteiger partial charge is 0.356 e. The first kappa shape index (κ1) is 17.4. The Morgan fingerprint density at radius 3 is 2.70 bits per heavy atom. The lowest BCUT2D eigenvalue weighted by Crippen LogP contribution is -2.41. The molecule has 6 nitrogen and oxygen atoms in total. The molecule has 3 aromatic rings. The number of carbonyl (C=O) groups excluding carboxylic acids is 1. The van der Waals surface area contributed by atoms with Crippen molar-refractivity contribution in [3.05, 3.63) is 59.9 Å². The maximum Gasteiger partial charge on any atom is 0.223 e. The summed E-state index contributed by atoms with van der Waals surface area (Å²) in [6, 6.07) is 7.42. The molecule has 1 aliphatic heterocycles. The lowest BCUT2D eigenvalue weighted by Gasteiger charge is -2.32. The van der Waals surface area contributed by atoms with Gasteiger partial charge in [-0.3, -0.25) is 4.79 Å². The highest BCUT2D eigenvalue weighted by molar-refractivity contribution is 5.79. The van der Waals surface area contributed by atoms with Crippen LogP contribution in [0.15, 0.2) is 42.7 Å². The van der Waals surface area contributed by atoms with Crippen molar-refractivity contribution < 1.29 is 13.6 Å². The third-order valence-electron chi connectivity index (χ3n) is 4.91. The Bertz CT molecular complexity index is 966. The van der Waals surface area contributed by atoms with E-state index in [2.05, 4.69) is 20.3 Å². The minimum atomic E-state index is -0.905. The van der Waals surface area contributed by atoms with Gasteiger partial charge in [0.25, 0.3) is 0 Å². The van der Waals surface area contributed by atoms with Gasteiger partial charge in [-0.2, -0.15) is 9.61 Å². The van der Waals surface area contributed by atoms with Crippen LogP contribution in [0.3, 0.4) is 0 Å². The van der Waals surface area contributed by atoms with Gasteiger partial charge in [-0.1, -0.05) is 6.07 Å². The topological polar surface area (TPSA) is 62.5 Å².